The highest BCUT2D eigenvalue weighted by Gasteiger charge is 2.27. The average molecular weight is 439 g/mol. The fraction of sp³-hybridized carbons (Fsp3) is 0.458. The Balaban J connectivity index is 1.42. The highest BCUT2D eigenvalue weighted by atomic mass is 19.1. The Morgan fingerprint density at radius 1 is 1.19 bits per heavy atom. The van der Waals surface area contributed by atoms with Crippen molar-refractivity contribution < 1.29 is 8.78 Å². The molecule has 1 aliphatic heterocycles. The SMILES string of the molecule is CCC1=C(c2cnc(NC3CN(CCCF)C3)cn2)c2ccc3n[nH]c(F)c3c2CCC1. The first-order valence-electron chi connectivity index (χ1n) is 11.4. The van der Waals surface area contributed by atoms with Gasteiger partial charge in [-0.05, 0) is 49.3 Å². The van der Waals surface area contributed by atoms with Crippen LogP contribution >= 0.6 is 0 Å². The number of benzene rings is 1. The maximum absolute atomic E-state index is 14.5. The molecule has 0 unspecified atom stereocenters. The van der Waals surface area contributed by atoms with Gasteiger partial charge in [-0.2, -0.15) is 9.49 Å². The van der Waals surface area contributed by atoms with Crippen molar-refractivity contribution in [2.24, 2.45) is 0 Å². The summed E-state index contributed by atoms with van der Waals surface area (Å²) in [5, 5.41) is 10.6. The average Bonchev–Trinajstić information content (AvgIpc) is 3.06. The Bertz CT molecular complexity index is 1130. The molecule has 0 spiro atoms. The predicted molar refractivity (Wildman–Crippen MR) is 122 cm³/mol. The van der Waals surface area contributed by atoms with Gasteiger partial charge in [0, 0.05) is 25.2 Å². The van der Waals surface area contributed by atoms with Crippen molar-refractivity contribution >= 4 is 22.3 Å². The Hall–Kier alpha value is -2.87. The van der Waals surface area contributed by atoms with E-state index in [1.807, 2.05) is 18.3 Å². The summed E-state index contributed by atoms with van der Waals surface area (Å²) in [6.07, 6.45) is 7.84. The summed E-state index contributed by atoms with van der Waals surface area (Å²) in [5.41, 5.74) is 5.90. The first kappa shape index (κ1) is 21.0. The number of nitrogens with one attached hydrogen (secondary N) is 2. The molecule has 0 saturated carbocycles. The van der Waals surface area contributed by atoms with E-state index < -0.39 is 0 Å². The number of likely N-dealkylation sites (tertiary alicyclic amines) is 1. The number of nitrogens with zero attached hydrogens (tertiary/aromatic N) is 4. The number of hydrogen-bond donors (Lipinski definition) is 2. The second-order valence-corrected chi connectivity index (χ2v) is 8.64. The zero-order valence-corrected chi connectivity index (χ0v) is 18.3. The molecule has 8 heteroatoms. The number of aromatic nitrogens is 4. The number of alkyl halides is 1. The number of fused-ring (bicyclic) bond motifs is 3. The lowest BCUT2D eigenvalue weighted by Gasteiger charge is -2.39. The van der Waals surface area contributed by atoms with Crippen molar-refractivity contribution in [3.05, 3.63) is 52.9 Å². The van der Waals surface area contributed by atoms with Crippen LogP contribution in [0, 0.1) is 5.95 Å². The Labute approximate surface area is 186 Å². The van der Waals surface area contributed by atoms with E-state index in [1.165, 1.54) is 5.57 Å². The van der Waals surface area contributed by atoms with Crippen molar-refractivity contribution in [2.75, 3.05) is 31.6 Å². The summed E-state index contributed by atoms with van der Waals surface area (Å²) < 4.78 is 26.8. The van der Waals surface area contributed by atoms with Gasteiger partial charge in [0.15, 0.2) is 0 Å². The molecule has 1 aliphatic carbocycles. The summed E-state index contributed by atoms with van der Waals surface area (Å²) in [6.45, 7) is 4.49. The van der Waals surface area contributed by atoms with Crippen molar-refractivity contribution in [3.63, 3.8) is 0 Å². The largest absolute Gasteiger partial charge is 0.363 e. The molecule has 5 rings (SSSR count). The van der Waals surface area contributed by atoms with Crippen molar-refractivity contribution in [2.45, 2.75) is 45.1 Å². The zero-order chi connectivity index (χ0) is 22.1. The molecule has 3 heterocycles. The molecule has 2 N–H and O–H groups in total. The molecule has 1 saturated heterocycles. The second kappa shape index (κ2) is 8.94. The number of halogens is 2. The minimum absolute atomic E-state index is 0.265. The standard InChI is InChI=1S/C24H28F2N6/c1-2-15-5-3-6-17-18(7-8-19-23(17)24(26)31-30-19)22(15)20-11-28-21(12-27-20)29-16-13-32(14-16)10-4-9-25/h7-8,11-12,16H,2-6,9-10,13-14H2,1H3,(H,28,29)(H,30,31). The monoisotopic (exact) mass is 438 g/mol. The van der Waals surface area contributed by atoms with E-state index in [2.05, 4.69) is 32.3 Å². The third-order valence-electron chi connectivity index (χ3n) is 6.57. The molecule has 0 radical (unpaired) electrons. The van der Waals surface area contributed by atoms with E-state index >= 15 is 0 Å². The molecule has 2 aliphatic rings. The predicted octanol–water partition coefficient (Wildman–Crippen LogP) is 4.50. The van der Waals surface area contributed by atoms with Gasteiger partial charge in [-0.25, -0.2) is 4.98 Å². The third-order valence-corrected chi connectivity index (χ3v) is 6.57. The van der Waals surface area contributed by atoms with Gasteiger partial charge in [0.2, 0.25) is 5.95 Å². The molecule has 3 aromatic rings. The number of aromatic amines is 1. The zero-order valence-electron chi connectivity index (χ0n) is 18.3. The van der Waals surface area contributed by atoms with Gasteiger partial charge in [-0.15, -0.1) is 0 Å². The summed E-state index contributed by atoms with van der Waals surface area (Å²) in [6, 6.07) is 4.24. The fourth-order valence-electron chi connectivity index (χ4n) is 4.97. The molecule has 168 valence electrons. The van der Waals surface area contributed by atoms with Gasteiger partial charge in [0.05, 0.1) is 41.7 Å². The molecule has 2 aromatic heterocycles. The Morgan fingerprint density at radius 2 is 2.06 bits per heavy atom. The number of allylic oxidation sites excluding steroid dienone is 1. The molecule has 1 aromatic carbocycles. The van der Waals surface area contributed by atoms with Crippen molar-refractivity contribution in [3.8, 4) is 0 Å². The summed E-state index contributed by atoms with van der Waals surface area (Å²) >= 11 is 0. The van der Waals surface area contributed by atoms with Gasteiger partial charge in [-0.1, -0.05) is 18.6 Å². The van der Waals surface area contributed by atoms with Gasteiger partial charge >= 0.3 is 0 Å². The lowest BCUT2D eigenvalue weighted by atomic mass is 9.91. The molecule has 0 amide bonds. The van der Waals surface area contributed by atoms with Gasteiger partial charge in [-0.3, -0.25) is 19.4 Å². The fourth-order valence-corrected chi connectivity index (χ4v) is 4.97. The van der Waals surface area contributed by atoms with Crippen LogP contribution in [0.25, 0.3) is 16.5 Å². The highest BCUT2D eigenvalue weighted by Crippen LogP contribution is 2.38. The summed E-state index contributed by atoms with van der Waals surface area (Å²) in [5.74, 6) is 0.371. The number of anilines is 1. The highest BCUT2D eigenvalue weighted by molar-refractivity contribution is 5.92. The van der Waals surface area contributed by atoms with Crippen LogP contribution in [0.2, 0.25) is 0 Å². The summed E-state index contributed by atoms with van der Waals surface area (Å²) in [4.78, 5) is 11.6. The number of aryl methyl sites for hydroxylation is 1. The molecule has 0 atom stereocenters. The smallest absolute Gasteiger partial charge is 0.217 e. The lowest BCUT2D eigenvalue weighted by Crippen LogP contribution is -2.54. The van der Waals surface area contributed by atoms with E-state index in [9.17, 15) is 8.78 Å². The molecular weight excluding hydrogens is 410 g/mol. The van der Waals surface area contributed by atoms with Crippen LogP contribution in [0.4, 0.5) is 14.6 Å². The van der Waals surface area contributed by atoms with Crippen LogP contribution < -0.4 is 5.32 Å². The van der Waals surface area contributed by atoms with Crippen LogP contribution in [-0.4, -0.2) is 57.4 Å². The molecule has 0 bridgehead atoms. The van der Waals surface area contributed by atoms with Crippen molar-refractivity contribution in [1.82, 2.24) is 25.1 Å². The van der Waals surface area contributed by atoms with Crippen LogP contribution in [0.3, 0.4) is 0 Å². The van der Waals surface area contributed by atoms with Gasteiger partial charge in [0.1, 0.15) is 5.82 Å². The van der Waals surface area contributed by atoms with Crippen LogP contribution in [0.1, 0.15) is 49.4 Å². The first-order chi connectivity index (χ1) is 15.7. The minimum Gasteiger partial charge on any atom is -0.363 e. The van der Waals surface area contributed by atoms with E-state index in [0.717, 1.165) is 73.5 Å². The lowest BCUT2D eigenvalue weighted by molar-refractivity contribution is 0.155. The third kappa shape index (κ3) is 3.88. The van der Waals surface area contributed by atoms with Crippen LogP contribution in [0.5, 0.6) is 0 Å². The molecule has 32 heavy (non-hydrogen) atoms. The van der Waals surface area contributed by atoms with E-state index in [4.69, 9.17) is 4.98 Å². The summed E-state index contributed by atoms with van der Waals surface area (Å²) in [7, 11) is 0. The number of H-pyrrole nitrogens is 1. The Kier molecular flexibility index (Phi) is 5.87. The van der Waals surface area contributed by atoms with E-state index in [-0.39, 0.29) is 12.6 Å². The second-order valence-electron chi connectivity index (χ2n) is 8.64. The minimum atomic E-state index is -0.372. The maximum Gasteiger partial charge on any atom is 0.217 e. The molecule has 6 nitrogen and oxygen atoms in total. The van der Waals surface area contributed by atoms with E-state index in [0.29, 0.717) is 23.4 Å². The van der Waals surface area contributed by atoms with Crippen LogP contribution in [0.15, 0.2) is 30.1 Å². The molecule has 1 fully saturated rings. The van der Waals surface area contributed by atoms with Crippen LogP contribution in [-0.2, 0) is 6.42 Å². The number of hydrogen-bond acceptors (Lipinski definition) is 5. The Morgan fingerprint density at radius 3 is 2.81 bits per heavy atom. The van der Waals surface area contributed by atoms with E-state index in [1.54, 1.807) is 6.20 Å². The topological polar surface area (TPSA) is 69.7 Å². The normalized spacial score (nSPS) is 17.3. The number of rotatable bonds is 7. The van der Waals surface area contributed by atoms with Crippen molar-refractivity contribution in [1.29, 1.82) is 0 Å². The maximum atomic E-state index is 14.5. The molecular formula is C24H28F2N6. The van der Waals surface area contributed by atoms with Gasteiger partial charge in [0.25, 0.3) is 0 Å². The quantitative estimate of drug-likeness (QED) is 0.569. The first-order valence-corrected chi connectivity index (χ1v) is 11.4. The van der Waals surface area contributed by atoms with Gasteiger partial charge < -0.3 is 5.32 Å².